The van der Waals surface area contributed by atoms with Crippen molar-refractivity contribution in [2.45, 2.75) is 45.7 Å². The summed E-state index contributed by atoms with van der Waals surface area (Å²) in [5.41, 5.74) is 9.90. The highest BCUT2D eigenvalue weighted by Crippen LogP contribution is 2.39. The van der Waals surface area contributed by atoms with Crippen LogP contribution >= 0.6 is 0 Å². The molecule has 0 amide bonds. The molecule has 0 bridgehead atoms. The topological polar surface area (TPSA) is 106 Å². The zero-order valence-corrected chi connectivity index (χ0v) is 22.5. The van der Waals surface area contributed by atoms with Crippen molar-refractivity contribution in [1.82, 2.24) is 19.4 Å². The minimum atomic E-state index is -0.787. The van der Waals surface area contributed by atoms with Crippen LogP contribution in [0.4, 0.5) is 5.82 Å². The number of fused-ring (bicyclic) bond motifs is 1. The zero-order valence-electron chi connectivity index (χ0n) is 22.5. The van der Waals surface area contributed by atoms with Gasteiger partial charge in [0, 0.05) is 30.6 Å². The number of anilines is 1. The maximum Gasteiger partial charge on any atom is 0.320 e. The molecule has 5 rings (SSSR count). The molecule has 8 heteroatoms. The molecule has 1 fully saturated rings. The van der Waals surface area contributed by atoms with Gasteiger partial charge in [-0.1, -0.05) is 36.3 Å². The van der Waals surface area contributed by atoms with Crippen LogP contribution in [0.15, 0.2) is 60.9 Å². The van der Waals surface area contributed by atoms with Crippen molar-refractivity contribution in [1.29, 1.82) is 0 Å². The number of nitrogens with zero attached hydrogens (tertiary/aromatic N) is 4. The Balaban J connectivity index is 1.52. The van der Waals surface area contributed by atoms with Crippen LogP contribution in [-0.4, -0.2) is 49.6 Å². The van der Waals surface area contributed by atoms with E-state index < -0.39 is 12.0 Å². The van der Waals surface area contributed by atoms with E-state index in [9.17, 15) is 9.90 Å². The monoisotopic (exact) mass is 523 g/mol. The number of aromatic nitrogens is 3. The Labute approximate surface area is 228 Å². The van der Waals surface area contributed by atoms with E-state index >= 15 is 0 Å². The first kappa shape index (κ1) is 26.3. The van der Waals surface area contributed by atoms with Crippen LogP contribution in [-0.2, 0) is 4.79 Å². The molecule has 2 aromatic carbocycles. The molecule has 39 heavy (non-hydrogen) atoms. The lowest BCUT2D eigenvalue weighted by Gasteiger charge is -2.32. The molecule has 1 aliphatic heterocycles. The number of carbonyl (C=O) groups is 1. The molecule has 8 nitrogen and oxygen atoms in total. The van der Waals surface area contributed by atoms with Crippen molar-refractivity contribution < 1.29 is 14.6 Å². The fourth-order valence-electron chi connectivity index (χ4n) is 5.14. The van der Waals surface area contributed by atoms with Gasteiger partial charge in [-0.25, -0.2) is 9.97 Å². The lowest BCUT2D eigenvalue weighted by Crippen LogP contribution is -2.43. The van der Waals surface area contributed by atoms with Crippen molar-refractivity contribution in [2.24, 2.45) is 5.92 Å². The molecule has 3 N–H and O–H groups in total. The molecule has 0 spiro atoms. The molecule has 200 valence electrons. The Morgan fingerprint density at radius 3 is 2.33 bits per heavy atom. The summed E-state index contributed by atoms with van der Waals surface area (Å²) in [5.74, 6) is 8.30. The van der Waals surface area contributed by atoms with Crippen LogP contribution < -0.4 is 10.5 Å². The summed E-state index contributed by atoms with van der Waals surface area (Å²) in [6.07, 6.45) is 3.15. The fraction of sp³-hybridized carbons (Fsp3) is 0.323. The Kier molecular flexibility index (Phi) is 7.53. The number of hydrogen-bond acceptors (Lipinski definition) is 6. The highest BCUT2D eigenvalue weighted by atomic mass is 16.5. The molecule has 1 atom stereocenters. The smallest absolute Gasteiger partial charge is 0.320 e. The third-order valence-electron chi connectivity index (χ3n) is 7.28. The van der Waals surface area contributed by atoms with Gasteiger partial charge < -0.3 is 20.1 Å². The van der Waals surface area contributed by atoms with Crippen LogP contribution in [0.2, 0.25) is 0 Å². The predicted octanol–water partition coefficient (Wildman–Crippen LogP) is 5.59. The standard InChI is InChI=1S/C31H33N5O3/c1-20(2)36-26(14-9-22-15-17-35(18-16-22)21(3)31(37)38)27(28-29(32)33-19-34-30(28)36)23-10-12-25(13-11-23)39-24-7-5-4-6-8-24/h4-8,10-13,19-22H,15-18H2,1-3H3,(H,37,38)(H2,32,33,34). The number of carboxylic acids is 1. The summed E-state index contributed by atoms with van der Waals surface area (Å²) in [6, 6.07) is 17.2. The third-order valence-corrected chi connectivity index (χ3v) is 7.28. The van der Waals surface area contributed by atoms with Crippen LogP contribution in [0.3, 0.4) is 0 Å². The summed E-state index contributed by atoms with van der Waals surface area (Å²) in [7, 11) is 0. The predicted molar refractivity (Wildman–Crippen MR) is 153 cm³/mol. The number of carboxylic acid groups (broad SMARTS) is 1. The number of likely N-dealkylation sites (tertiary alicyclic amines) is 1. The van der Waals surface area contributed by atoms with Crippen LogP contribution in [0, 0.1) is 17.8 Å². The Morgan fingerprint density at radius 1 is 1.03 bits per heavy atom. The van der Waals surface area contributed by atoms with Crippen LogP contribution in [0.1, 0.15) is 45.3 Å². The Bertz CT molecular complexity index is 1530. The van der Waals surface area contributed by atoms with Gasteiger partial charge in [0.15, 0.2) is 0 Å². The maximum absolute atomic E-state index is 11.4. The summed E-state index contributed by atoms with van der Waals surface area (Å²) in [4.78, 5) is 22.3. The van der Waals surface area contributed by atoms with Crippen molar-refractivity contribution >= 4 is 22.8 Å². The molecule has 1 aliphatic rings. The van der Waals surface area contributed by atoms with E-state index in [2.05, 4.69) is 40.2 Å². The number of benzene rings is 2. The van der Waals surface area contributed by atoms with Gasteiger partial charge in [0.25, 0.3) is 0 Å². The number of nitrogens with two attached hydrogens (primary N) is 1. The van der Waals surface area contributed by atoms with Crippen LogP contribution in [0.25, 0.3) is 22.2 Å². The molecule has 0 aliphatic carbocycles. The number of hydrogen-bond donors (Lipinski definition) is 2. The lowest BCUT2D eigenvalue weighted by atomic mass is 9.95. The van der Waals surface area contributed by atoms with E-state index in [-0.39, 0.29) is 12.0 Å². The first-order valence-electron chi connectivity index (χ1n) is 13.3. The van der Waals surface area contributed by atoms with E-state index in [4.69, 9.17) is 10.5 Å². The molecule has 1 unspecified atom stereocenters. The van der Waals surface area contributed by atoms with Crippen molar-refractivity contribution in [3.8, 4) is 34.5 Å². The van der Waals surface area contributed by atoms with Crippen LogP contribution in [0.5, 0.6) is 11.5 Å². The van der Waals surface area contributed by atoms with Crippen molar-refractivity contribution in [3.63, 3.8) is 0 Å². The second kappa shape index (κ2) is 11.2. The summed E-state index contributed by atoms with van der Waals surface area (Å²) in [6.45, 7) is 7.39. The van der Waals surface area contributed by atoms with E-state index in [1.807, 2.05) is 59.5 Å². The molecular formula is C31H33N5O3. The van der Waals surface area contributed by atoms with Gasteiger partial charge in [0.05, 0.1) is 5.39 Å². The maximum atomic E-state index is 11.4. The van der Waals surface area contributed by atoms with Gasteiger partial charge in [-0.05, 0) is 69.4 Å². The van der Waals surface area contributed by atoms with E-state index in [0.29, 0.717) is 18.9 Å². The first-order chi connectivity index (χ1) is 18.8. The number of ether oxygens (including phenoxy) is 1. The minimum absolute atomic E-state index is 0.0961. The fourth-order valence-corrected chi connectivity index (χ4v) is 5.14. The molecule has 3 heterocycles. The van der Waals surface area contributed by atoms with Gasteiger partial charge in [-0.2, -0.15) is 0 Å². The van der Waals surface area contributed by atoms with E-state index in [1.165, 1.54) is 6.33 Å². The quantitative estimate of drug-likeness (QED) is 0.317. The van der Waals surface area contributed by atoms with Gasteiger partial charge >= 0.3 is 5.97 Å². The highest BCUT2D eigenvalue weighted by Gasteiger charge is 2.26. The van der Waals surface area contributed by atoms with E-state index in [0.717, 1.165) is 52.2 Å². The number of aliphatic carboxylic acids is 1. The van der Waals surface area contributed by atoms with Gasteiger partial charge in [0.1, 0.15) is 41.0 Å². The Hall–Kier alpha value is -4.35. The number of piperidine rings is 1. The summed E-state index contributed by atoms with van der Waals surface area (Å²) >= 11 is 0. The van der Waals surface area contributed by atoms with Gasteiger partial charge in [0.2, 0.25) is 0 Å². The second-order valence-electron chi connectivity index (χ2n) is 10.2. The highest BCUT2D eigenvalue weighted by molar-refractivity contribution is 6.03. The number of rotatable bonds is 6. The molecule has 1 saturated heterocycles. The molecule has 0 saturated carbocycles. The average Bonchev–Trinajstić information content (AvgIpc) is 3.28. The average molecular weight is 524 g/mol. The second-order valence-corrected chi connectivity index (χ2v) is 10.2. The lowest BCUT2D eigenvalue weighted by molar-refractivity contribution is -0.143. The van der Waals surface area contributed by atoms with Crippen molar-refractivity contribution in [2.75, 3.05) is 18.8 Å². The zero-order chi connectivity index (χ0) is 27.5. The number of para-hydroxylation sites is 1. The van der Waals surface area contributed by atoms with Gasteiger partial charge in [-0.3, -0.25) is 9.69 Å². The van der Waals surface area contributed by atoms with Gasteiger partial charge in [-0.15, -0.1) is 0 Å². The SMILES string of the molecule is CC(C(=O)O)N1CCC(C#Cc2c(-c3ccc(Oc4ccccc4)cc3)c3c(N)ncnc3n2C(C)C)CC1. The third kappa shape index (κ3) is 5.45. The van der Waals surface area contributed by atoms with E-state index in [1.54, 1.807) is 6.92 Å². The Morgan fingerprint density at radius 2 is 1.69 bits per heavy atom. The minimum Gasteiger partial charge on any atom is -0.480 e. The van der Waals surface area contributed by atoms with Crippen molar-refractivity contribution in [3.05, 3.63) is 66.6 Å². The first-order valence-corrected chi connectivity index (χ1v) is 13.3. The number of nitrogen functional groups attached to an aromatic ring is 1. The summed E-state index contributed by atoms with van der Waals surface area (Å²) in [5, 5.41) is 10.1. The molecule has 4 aromatic rings. The molecular weight excluding hydrogens is 490 g/mol. The largest absolute Gasteiger partial charge is 0.480 e. The summed E-state index contributed by atoms with van der Waals surface area (Å²) < 4.78 is 8.13. The molecule has 0 radical (unpaired) electrons. The normalized spacial score (nSPS) is 15.2. The molecule has 2 aromatic heterocycles.